The largest absolute Gasteiger partial charge is 0.481 e. The highest BCUT2D eigenvalue weighted by atomic mass is 19.3. The van der Waals surface area contributed by atoms with E-state index in [1.807, 2.05) is 12.1 Å². The smallest absolute Gasteiger partial charge is 0.277 e. The van der Waals surface area contributed by atoms with Crippen LogP contribution < -0.4 is 15.8 Å². The van der Waals surface area contributed by atoms with Crippen molar-refractivity contribution in [3.8, 4) is 5.75 Å². The number of ether oxygens (including phenoxy) is 1. The minimum atomic E-state index is -3.11. The quantitative estimate of drug-likeness (QED) is 0.848. The molecule has 1 amide bonds. The third kappa shape index (κ3) is 5.60. The lowest BCUT2D eigenvalue weighted by atomic mass is 9.87. The predicted molar refractivity (Wildman–Crippen MR) is 82.2 cm³/mol. The fraction of sp³-hybridized carbons (Fsp3) is 0.562. The van der Waals surface area contributed by atoms with Crippen molar-refractivity contribution in [1.29, 1.82) is 0 Å². The number of rotatable bonds is 6. The highest BCUT2D eigenvalue weighted by molar-refractivity contribution is 5.80. The van der Waals surface area contributed by atoms with E-state index in [0.717, 1.165) is 5.56 Å². The molecule has 0 fully saturated rings. The van der Waals surface area contributed by atoms with Crippen LogP contribution in [-0.2, 0) is 10.2 Å². The molecule has 0 spiro atoms. The van der Waals surface area contributed by atoms with Crippen LogP contribution in [0.2, 0.25) is 0 Å². The van der Waals surface area contributed by atoms with Gasteiger partial charge in [-0.1, -0.05) is 32.9 Å². The molecule has 1 atom stereocenters. The van der Waals surface area contributed by atoms with Crippen LogP contribution in [0.15, 0.2) is 24.3 Å². The van der Waals surface area contributed by atoms with E-state index >= 15 is 0 Å². The Bertz CT molecular complexity index is 496. The van der Waals surface area contributed by atoms with Crippen molar-refractivity contribution >= 4 is 5.91 Å². The van der Waals surface area contributed by atoms with Gasteiger partial charge in [-0.15, -0.1) is 0 Å². The Balaban J connectivity index is 2.57. The van der Waals surface area contributed by atoms with Crippen molar-refractivity contribution in [3.63, 3.8) is 0 Å². The van der Waals surface area contributed by atoms with Crippen LogP contribution in [0.25, 0.3) is 0 Å². The second kappa shape index (κ2) is 7.05. The molecule has 0 saturated heterocycles. The standard InChI is InChI=1S/C16H24F2N2O2/c1-11(14(21)20-10-16(17,18)9-19)22-13-7-5-12(6-8-13)15(2,3)4/h5-8,11H,9-10,19H2,1-4H3,(H,20,21). The fourth-order valence-corrected chi connectivity index (χ4v) is 1.72. The fourth-order valence-electron chi connectivity index (χ4n) is 1.72. The SMILES string of the molecule is CC(Oc1ccc(C(C)(C)C)cc1)C(=O)NCC(F)(F)CN. The molecular formula is C16H24F2N2O2. The summed E-state index contributed by atoms with van der Waals surface area (Å²) in [7, 11) is 0. The van der Waals surface area contributed by atoms with Gasteiger partial charge in [0.25, 0.3) is 11.8 Å². The zero-order chi connectivity index (χ0) is 17.0. The maximum Gasteiger partial charge on any atom is 0.277 e. The van der Waals surface area contributed by atoms with Crippen LogP contribution in [0.5, 0.6) is 5.75 Å². The first-order valence-electron chi connectivity index (χ1n) is 7.18. The Kier molecular flexibility index (Phi) is 5.88. The van der Waals surface area contributed by atoms with Crippen LogP contribution in [0.4, 0.5) is 8.78 Å². The van der Waals surface area contributed by atoms with Crippen molar-refractivity contribution in [1.82, 2.24) is 5.32 Å². The Morgan fingerprint density at radius 3 is 2.27 bits per heavy atom. The number of halogens is 2. The van der Waals surface area contributed by atoms with Crippen LogP contribution in [-0.4, -0.2) is 31.0 Å². The molecule has 1 rings (SSSR count). The van der Waals surface area contributed by atoms with E-state index in [9.17, 15) is 13.6 Å². The van der Waals surface area contributed by atoms with E-state index in [0.29, 0.717) is 5.75 Å². The summed E-state index contributed by atoms with van der Waals surface area (Å²) >= 11 is 0. The zero-order valence-corrected chi connectivity index (χ0v) is 13.5. The summed E-state index contributed by atoms with van der Waals surface area (Å²) in [4.78, 5) is 11.7. The third-order valence-corrected chi connectivity index (χ3v) is 3.22. The summed E-state index contributed by atoms with van der Waals surface area (Å²) in [6, 6.07) is 7.36. The number of hydrogen-bond donors (Lipinski definition) is 2. The molecule has 1 unspecified atom stereocenters. The van der Waals surface area contributed by atoms with Gasteiger partial charge in [-0.05, 0) is 30.0 Å². The second-order valence-corrected chi connectivity index (χ2v) is 6.31. The van der Waals surface area contributed by atoms with E-state index in [-0.39, 0.29) is 5.41 Å². The summed E-state index contributed by atoms with van der Waals surface area (Å²) in [6.45, 7) is 6.19. The Morgan fingerprint density at radius 1 is 1.27 bits per heavy atom. The summed E-state index contributed by atoms with van der Waals surface area (Å²) in [6.07, 6.45) is -0.867. The molecular weight excluding hydrogens is 290 g/mol. The van der Waals surface area contributed by atoms with Gasteiger partial charge < -0.3 is 15.8 Å². The molecule has 22 heavy (non-hydrogen) atoms. The maximum atomic E-state index is 13.0. The van der Waals surface area contributed by atoms with Crippen molar-refractivity contribution in [2.45, 2.75) is 45.1 Å². The Morgan fingerprint density at radius 2 is 1.82 bits per heavy atom. The van der Waals surface area contributed by atoms with Crippen molar-refractivity contribution in [2.24, 2.45) is 5.73 Å². The highest BCUT2D eigenvalue weighted by Crippen LogP contribution is 2.24. The number of carbonyl (C=O) groups is 1. The van der Waals surface area contributed by atoms with E-state index in [2.05, 4.69) is 26.1 Å². The number of amides is 1. The molecule has 1 aromatic carbocycles. The molecule has 1 aromatic rings. The van der Waals surface area contributed by atoms with Gasteiger partial charge in [0.2, 0.25) is 0 Å². The molecule has 0 saturated carbocycles. The number of hydrogen-bond acceptors (Lipinski definition) is 3. The predicted octanol–water partition coefficient (Wildman–Crippen LogP) is 2.46. The second-order valence-electron chi connectivity index (χ2n) is 6.31. The number of carbonyl (C=O) groups excluding carboxylic acids is 1. The molecule has 0 aliphatic heterocycles. The molecule has 0 bridgehead atoms. The van der Waals surface area contributed by atoms with Gasteiger partial charge in [0.05, 0.1) is 13.1 Å². The van der Waals surface area contributed by atoms with Gasteiger partial charge in [-0.25, -0.2) is 8.78 Å². The number of nitrogens with one attached hydrogen (secondary N) is 1. The van der Waals surface area contributed by atoms with Gasteiger partial charge in [0, 0.05) is 0 Å². The first-order valence-corrected chi connectivity index (χ1v) is 7.18. The molecule has 124 valence electrons. The lowest BCUT2D eigenvalue weighted by Crippen LogP contribution is -2.45. The highest BCUT2D eigenvalue weighted by Gasteiger charge is 2.28. The van der Waals surface area contributed by atoms with E-state index in [1.165, 1.54) is 6.92 Å². The topological polar surface area (TPSA) is 64.3 Å². The van der Waals surface area contributed by atoms with E-state index < -0.39 is 31.0 Å². The van der Waals surface area contributed by atoms with Crippen LogP contribution in [0.1, 0.15) is 33.3 Å². The molecule has 3 N–H and O–H groups in total. The first-order chi connectivity index (χ1) is 10.0. The van der Waals surface area contributed by atoms with Crippen molar-refractivity contribution < 1.29 is 18.3 Å². The van der Waals surface area contributed by atoms with Crippen LogP contribution in [0.3, 0.4) is 0 Å². The van der Waals surface area contributed by atoms with Gasteiger partial charge >= 0.3 is 0 Å². The molecule has 6 heteroatoms. The minimum Gasteiger partial charge on any atom is -0.481 e. The summed E-state index contributed by atoms with van der Waals surface area (Å²) < 4.78 is 31.4. The molecule has 0 heterocycles. The number of alkyl halides is 2. The molecule has 0 aliphatic rings. The minimum absolute atomic E-state index is 0.0231. The van der Waals surface area contributed by atoms with E-state index in [1.54, 1.807) is 12.1 Å². The monoisotopic (exact) mass is 314 g/mol. The first kappa shape index (κ1) is 18.4. The van der Waals surface area contributed by atoms with Crippen LogP contribution in [0, 0.1) is 0 Å². The van der Waals surface area contributed by atoms with Crippen molar-refractivity contribution in [3.05, 3.63) is 29.8 Å². The molecule has 4 nitrogen and oxygen atoms in total. The van der Waals surface area contributed by atoms with Gasteiger partial charge in [-0.3, -0.25) is 4.79 Å². The van der Waals surface area contributed by atoms with E-state index in [4.69, 9.17) is 10.5 Å². The Labute approximate surface area is 130 Å². The lowest BCUT2D eigenvalue weighted by Gasteiger charge is -2.20. The third-order valence-electron chi connectivity index (χ3n) is 3.22. The lowest BCUT2D eigenvalue weighted by molar-refractivity contribution is -0.129. The van der Waals surface area contributed by atoms with Crippen molar-refractivity contribution in [2.75, 3.05) is 13.1 Å². The molecule has 0 radical (unpaired) electrons. The average molecular weight is 314 g/mol. The summed E-state index contributed by atoms with van der Waals surface area (Å²) in [5, 5.41) is 2.14. The molecule has 0 aliphatic carbocycles. The van der Waals surface area contributed by atoms with Crippen LogP contribution >= 0.6 is 0 Å². The average Bonchev–Trinajstić information content (AvgIpc) is 2.44. The van der Waals surface area contributed by atoms with Gasteiger partial charge in [0.1, 0.15) is 5.75 Å². The number of benzene rings is 1. The molecule has 0 aromatic heterocycles. The zero-order valence-electron chi connectivity index (χ0n) is 13.5. The summed E-state index contributed by atoms with van der Waals surface area (Å²) in [5.41, 5.74) is 6.07. The maximum absolute atomic E-state index is 13.0. The Hall–Kier alpha value is -1.69. The normalized spacial score (nSPS) is 13.6. The van der Waals surface area contributed by atoms with Gasteiger partial charge in [0.15, 0.2) is 6.10 Å². The summed E-state index contributed by atoms with van der Waals surface area (Å²) in [5.74, 6) is -3.20. The number of nitrogens with two attached hydrogens (primary N) is 1. The van der Waals surface area contributed by atoms with Gasteiger partial charge in [-0.2, -0.15) is 0 Å².